The molecule has 0 saturated heterocycles. The van der Waals surface area contributed by atoms with Gasteiger partial charge in [0.15, 0.2) is 5.13 Å². The van der Waals surface area contributed by atoms with Crippen LogP contribution < -0.4 is 4.90 Å². The summed E-state index contributed by atoms with van der Waals surface area (Å²) >= 11 is 3.35. The molecule has 2 aromatic carbocycles. The number of amides is 1. The summed E-state index contributed by atoms with van der Waals surface area (Å²) in [6.45, 7) is 5.86. The van der Waals surface area contributed by atoms with Gasteiger partial charge >= 0.3 is 0 Å². The molecule has 0 atom stereocenters. The molecule has 162 valence electrons. The lowest BCUT2D eigenvalue weighted by molar-refractivity contribution is -0.118. The largest absolute Gasteiger partial charge is 0.309 e. The molecule has 7 heteroatoms. The third-order valence-corrected chi connectivity index (χ3v) is 6.98. The fourth-order valence-corrected chi connectivity index (χ4v) is 5.04. The summed E-state index contributed by atoms with van der Waals surface area (Å²) < 4.78 is 1.15. The first-order chi connectivity index (χ1) is 14.0. The van der Waals surface area contributed by atoms with Crippen molar-refractivity contribution in [3.05, 3.63) is 53.6 Å². The Bertz CT molecular complexity index is 960. The molecular weight excluding hydrogens is 434 g/mol. The highest BCUT2D eigenvalue weighted by atomic mass is 35.5. The minimum absolute atomic E-state index is 0. The number of thioether (sulfide) groups is 1. The summed E-state index contributed by atoms with van der Waals surface area (Å²) in [5.41, 5.74) is 3.46. The van der Waals surface area contributed by atoms with Crippen LogP contribution in [-0.4, -0.2) is 48.7 Å². The number of rotatable bonds is 9. The molecular formula is C23H30ClN3OS2. The number of thiazole rings is 1. The van der Waals surface area contributed by atoms with Gasteiger partial charge in [-0.1, -0.05) is 35.6 Å². The van der Waals surface area contributed by atoms with Crippen molar-refractivity contribution in [1.29, 1.82) is 0 Å². The minimum Gasteiger partial charge on any atom is -0.309 e. The average molecular weight is 464 g/mol. The van der Waals surface area contributed by atoms with E-state index in [-0.39, 0.29) is 18.3 Å². The Hall–Kier alpha value is -1.60. The van der Waals surface area contributed by atoms with Crippen LogP contribution in [0.15, 0.2) is 47.4 Å². The molecule has 0 radical (unpaired) electrons. The van der Waals surface area contributed by atoms with Crippen molar-refractivity contribution in [3.63, 3.8) is 0 Å². The number of halogens is 1. The molecule has 30 heavy (non-hydrogen) atoms. The molecule has 0 N–H and O–H groups in total. The molecule has 1 heterocycles. The number of aromatic nitrogens is 1. The average Bonchev–Trinajstić information content (AvgIpc) is 3.13. The van der Waals surface area contributed by atoms with Gasteiger partial charge in [0.2, 0.25) is 5.91 Å². The highest BCUT2D eigenvalue weighted by molar-refractivity contribution is 7.99. The van der Waals surface area contributed by atoms with Gasteiger partial charge in [-0.2, -0.15) is 0 Å². The lowest BCUT2D eigenvalue weighted by Gasteiger charge is -2.21. The Morgan fingerprint density at radius 3 is 2.50 bits per heavy atom. The summed E-state index contributed by atoms with van der Waals surface area (Å²) in [5, 5.41) is 0.821. The van der Waals surface area contributed by atoms with Crippen LogP contribution in [0.5, 0.6) is 0 Å². The van der Waals surface area contributed by atoms with Gasteiger partial charge < -0.3 is 4.90 Å². The standard InChI is InChI=1S/C23H29N3OS2.ClH/c1-17-11-12-20-22(18(17)2)24-23(29-20)26(15-8-14-25(3)4)21(27)13-16-28-19-9-6-5-7-10-19;/h5-7,9-12H,8,13-16H2,1-4H3;1H. The predicted octanol–water partition coefficient (Wildman–Crippen LogP) is 5.80. The summed E-state index contributed by atoms with van der Waals surface area (Å²) in [4.78, 5) is 23.2. The number of anilines is 1. The molecule has 0 aliphatic rings. The van der Waals surface area contributed by atoms with E-state index >= 15 is 0 Å². The lowest BCUT2D eigenvalue weighted by Crippen LogP contribution is -2.33. The van der Waals surface area contributed by atoms with E-state index < -0.39 is 0 Å². The predicted molar refractivity (Wildman–Crippen MR) is 134 cm³/mol. The summed E-state index contributed by atoms with van der Waals surface area (Å²) in [6.07, 6.45) is 1.44. The van der Waals surface area contributed by atoms with E-state index in [1.807, 2.05) is 23.1 Å². The molecule has 4 nitrogen and oxygen atoms in total. The van der Waals surface area contributed by atoms with Gasteiger partial charge in [0.25, 0.3) is 0 Å². The van der Waals surface area contributed by atoms with Crippen molar-refractivity contribution < 1.29 is 4.79 Å². The Labute approximate surface area is 194 Å². The van der Waals surface area contributed by atoms with Crippen molar-refractivity contribution in [2.24, 2.45) is 0 Å². The van der Waals surface area contributed by atoms with Gasteiger partial charge in [-0.25, -0.2) is 4.98 Å². The number of carbonyl (C=O) groups is 1. The second kappa shape index (κ2) is 11.7. The molecule has 1 amide bonds. The quantitative estimate of drug-likeness (QED) is 0.375. The van der Waals surface area contributed by atoms with Crippen molar-refractivity contribution >= 4 is 56.8 Å². The Morgan fingerprint density at radius 2 is 1.80 bits per heavy atom. The van der Waals surface area contributed by atoms with E-state index in [4.69, 9.17) is 4.98 Å². The summed E-state index contributed by atoms with van der Waals surface area (Å²) in [7, 11) is 4.12. The fourth-order valence-electron chi connectivity index (χ4n) is 3.11. The highest BCUT2D eigenvalue weighted by Crippen LogP contribution is 2.32. The number of nitrogens with zero attached hydrogens (tertiary/aromatic N) is 3. The number of carbonyl (C=O) groups excluding carboxylic acids is 1. The second-order valence-corrected chi connectivity index (χ2v) is 9.64. The smallest absolute Gasteiger partial charge is 0.229 e. The number of fused-ring (bicyclic) bond motifs is 1. The molecule has 0 unspecified atom stereocenters. The van der Waals surface area contributed by atoms with Crippen molar-refractivity contribution in [2.75, 3.05) is 37.8 Å². The third kappa shape index (κ3) is 6.45. The summed E-state index contributed by atoms with van der Waals surface area (Å²) in [5.74, 6) is 0.927. The Kier molecular flexibility index (Phi) is 9.62. The number of benzene rings is 2. The molecule has 0 aliphatic heterocycles. The van der Waals surface area contributed by atoms with Crippen LogP contribution in [-0.2, 0) is 4.79 Å². The fraction of sp³-hybridized carbons (Fsp3) is 0.391. The van der Waals surface area contributed by atoms with Gasteiger partial charge in [-0.15, -0.1) is 24.2 Å². The van der Waals surface area contributed by atoms with Crippen LogP contribution in [0.4, 0.5) is 5.13 Å². The van der Waals surface area contributed by atoms with E-state index in [9.17, 15) is 4.79 Å². The van der Waals surface area contributed by atoms with Crippen LogP contribution in [0.1, 0.15) is 24.0 Å². The Morgan fingerprint density at radius 1 is 1.07 bits per heavy atom. The number of hydrogen-bond donors (Lipinski definition) is 0. The molecule has 0 aliphatic carbocycles. The minimum atomic E-state index is 0. The molecule has 0 spiro atoms. The number of hydrogen-bond acceptors (Lipinski definition) is 5. The van der Waals surface area contributed by atoms with Crippen LogP contribution in [0, 0.1) is 13.8 Å². The second-order valence-electron chi connectivity index (χ2n) is 7.46. The van der Waals surface area contributed by atoms with Gasteiger partial charge in [0.1, 0.15) is 0 Å². The van der Waals surface area contributed by atoms with Gasteiger partial charge in [0, 0.05) is 23.6 Å². The van der Waals surface area contributed by atoms with Crippen molar-refractivity contribution in [2.45, 2.75) is 31.6 Å². The summed E-state index contributed by atoms with van der Waals surface area (Å²) in [6, 6.07) is 14.5. The first-order valence-corrected chi connectivity index (χ1v) is 11.8. The maximum atomic E-state index is 13.1. The van der Waals surface area contributed by atoms with E-state index in [2.05, 4.69) is 57.1 Å². The van der Waals surface area contributed by atoms with Crippen LogP contribution in [0.25, 0.3) is 10.2 Å². The van der Waals surface area contributed by atoms with Crippen LogP contribution in [0.3, 0.4) is 0 Å². The van der Waals surface area contributed by atoms with Gasteiger partial charge in [0.05, 0.1) is 10.2 Å². The zero-order valence-corrected chi connectivity index (χ0v) is 20.5. The van der Waals surface area contributed by atoms with Crippen LogP contribution in [0.2, 0.25) is 0 Å². The zero-order valence-electron chi connectivity index (χ0n) is 18.1. The maximum Gasteiger partial charge on any atom is 0.229 e. The highest BCUT2D eigenvalue weighted by Gasteiger charge is 2.20. The molecule has 0 saturated carbocycles. The van der Waals surface area contributed by atoms with Gasteiger partial charge in [-0.3, -0.25) is 9.69 Å². The zero-order chi connectivity index (χ0) is 20.8. The normalized spacial score (nSPS) is 11.0. The molecule has 3 aromatic rings. The van der Waals surface area contributed by atoms with Crippen LogP contribution >= 0.6 is 35.5 Å². The monoisotopic (exact) mass is 463 g/mol. The van der Waals surface area contributed by atoms with E-state index in [0.717, 1.165) is 34.1 Å². The third-order valence-electron chi connectivity index (χ3n) is 4.92. The van der Waals surface area contributed by atoms with Crippen molar-refractivity contribution in [3.8, 4) is 0 Å². The van der Waals surface area contributed by atoms with E-state index in [1.165, 1.54) is 16.0 Å². The lowest BCUT2D eigenvalue weighted by atomic mass is 10.1. The SMILES string of the molecule is Cc1ccc2sc(N(CCCN(C)C)C(=O)CCSc3ccccc3)nc2c1C.Cl. The van der Waals surface area contributed by atoms with E-state index in [0.29, 0.717) is 13.0 Å². The first kappa shape index (κ1) is 24.7. The molecule has 0 fully saturated rings. The maximum absolute atomic E-state index is 13.1. The first-order valence-electron chi connectivity index (χ1n) is 9.95. The molecule has 1 aromatic heterocycles. The topological polar surface area (TPSA) is 36.4 Å². The molecule has 0 bridgehead atoms. The number of aryl methyl sites for hydroxylation is 2. The van der Waals surface area contributed by atoms with E-state index in [1.54, 1.807) is 23.1 Å². The molecule has 3 rings (SSSR count). The Balaban J connectivity index is 0.00000320. The van der Waals surface area contributed by atoms with Crippen molar-refractivity contribution in [1.82, 2.24) is 9.88 Å². The van der Waals surface area contributed by atoms with Gasteiger partial charge in [-0.05, 0) is 70.2 Å².